The highest BCUT2D eigenvalue weighted by Gasteiger charge is 2.63. The van der Waals surface area contributed by atoms with E-state index in [1.54, 1.807) is 24.8 Å². The van der Waals surface area contributed by atoms with Crippen molar-refractivity contribution in [1.82, 2.24) is 24.3 Å². The summed E-state index contributed by atoms with van der Waals surface area (Å²) in [6.45, 7) is 0.512. The summed E-state index contributed by atoms with van der Waals surface area (Å²) in [5.74, 6) is 0.0790. The highest BCUT2D eigenvalue weighted by molar-refractivity contribution is 5.89. The number of carbonyl (C=O) groups is 1. The van der Waals surface area contributed by atoms with E-state index in [1.807, 2.05) is 33.8 Å². The Bertz CT molecular complexity index is 1060. The minimum atomic E-state index is -0.718. The molecule has 0 bridgehead atoms. The molecule has 0 radical (unpaired) electrons. The summed E-state index contributed by atoms with van der Waals surface area (Å²) in [7, 11) is 0. The van der Waals surface area contributed by atoms with E-state index in [1.165, 1.54) is 0 Å². The predicted molar refractivity (Wildman–Crippen MR) is 101 cm³/mol. The number of imidazole rings is 1. The van der Waals surface area contributed by atoms with E-state index in [2.05, 4.69) is 15.0 Å². The minimum absolute atomic E-state index is 0.0347. The summed E-state index contributed by atoms with van der Waals surface area (Å²) in [6, 6.07) is 3.96. The molecule has 3 aromatic rings. The lowest BCUT2D eigenvalue weighted by Crippen LogP contribution is -2.54. The first-order chi connectivity index (χ1) is 14.2. The zero-order valence-electron chi connectivity index (χ0n) is 15.8. The Hall–Kier alpha value is -2.84. The van der Waals surface area contributed by atoms with E-state index in [0.29, 0.717) is 19.4 Å². The van der Waals surface area contributed by atoms with Crippen LogP contribution >= 0.6 is 0 Å². The molecule has 1 saturated carbocycles. The van der Waals surface area contributed by atoms with Crippen molar-refractivity contribution in [3.63, 3.8) is 0 Å². The normalized spacial score (nSPS) is 30.8. The highest BCUT2D eigenvalue weighted by Crippen LogP contribution is 2.51. The number of fused-ring (bicyclic) bond motifs is 2. The van der Waals surface area contributed by atoms with Gasteiger partial charge in [0, 0.05) is 43.8 Å². The second-order valence-corrected chi connectivity index (χ2v) is 8.07. The Balaban J connectivity index is 1.11. The number of nitrogens with zero attached hydrogens (tertiary/aromatic N) is 5. The number of amides is 1. The summed E-state index contributed by atoms with van der Waals surface area (Å²) in [5, 5.41) is 0. The summed E-state index contributed by atoms with van der Waals surface area (Å²) in [5.41, 5.74) is 2.12. The molecule has 0 aromatic carbocycles. The zero-order chi connectivity index (χ0) is 19.4. The third-order valence-electron chi connectivity index (χ3n) is 6.29. The van der Waals surface area contributed by atoms with Gasteiger partial charge in [-0.3, -0.25) is 14.8 Å². The van der Waals surface area contributed by atoms with Gasteiger partial charge in [-0.05, 0) is 24.5 Å². The Morgan fingerprint density at radius 3 is 2.97 bits per heavy atom. The van der Waals surface area contributed by atoms with E-state index in [4.69, 9.17) is 9.47 Å². The van der Waals surface area contributed by atoms with Gasteiger partial charge in [-0.15, -0.1) is 0 Å². The van der Waals surface area contributed by atoms with Crippen molar-refractivity contribution in [3.8, 4) is 0 Å². The van der Waals surface area contributed by atoms with Crippen molar-refractivity contribution in [2.24, 2.45) is 0 Å². The molecule has 148 valence electrons. The van der Waals surface area contributed by atoms with Crippen molar-refractivity contribution in [3.05, 3.63) is 60.6 Å². The predicted octanol–water partition coefficient (Wildman–Crippen LogP) is 2.26. The van der Waals surface area contributed by atoms with Gasteiger partial charge in [0.25, 0.3) is 5.91 Å². The van der Waals surface area contributed by atoms with Crippen LogP contribution in [0.1, 0.15) is 43.0 Å². The average molecular weight is 391 g/mol. The molecule has 5 heterocycles. The molecule has 6 rings (SSSR count). The number of aromatic nitrogens is 4. The van der Waals surface area contributed by atoms with Crippen LogP contribution in [0.4, 0.5) is 0 Å². The lowest BCUT2D eigenvalue weighted by atomic mass is 9.76. The van der Waals surface area contributed by atoms with Crippen molar-refractivity contribution >= 4 is 11.6 Å². The van der Waals surface area contributed by atoms with Crippen molar-refractivity contribution in [2.75, 3.05) is 0 Å². The van der Waals surface area contributed by atoms with Crippen molar-refractivity contribution < 1.29 is 14.3 Å². The number of ether oxygens (including phenoxy) is 2. The molecule has 3 aromatic heterocycles. The average Bonchev–Trinajstić information content (AvgIpc) is 3.41. The largest absolute Gasteiger partial charge is 0.373 e. The minimum Gasteiger partial charge on any atom is -0.373 e. The smallest absolute Gasteiger partial charge is 0.257 e. The summed E-state index contributed by atoms with van der Waals surface area (Å²) in [4.78, 5) is 27.9. The van der Waals surface area contributed by atoms with Crippen LogP contribution in [-0.2, 0) is 20.9 Å². The molecule has 8 nitrogen and oxygen atoms in total. The van der Waals surface area contributed by atoms with E-state index in [9.17, 15) is 4.79 Å². The Morgan fingerprint density at radius 1 is 1.17 bits per heavy atom. The molecule has 1 unspecified atom stereocenters. The van der Waals surface area contributed by atoms with Crippen LogP contribution in [0, 0.1) is 0 Å². The number of hydrogen-bond donors (Lipinski definition) is 0. The molecule has 0 N–H and O–H groups in total. The first-order valence-electron chi connectivity index (χ1n) is 10.0. The fraction of sp³-hybridized carbons (Fsp3) is 0.429. The van der Waals surface area contributed by atoms with Gasteiger partial charge >= 0.3 is 0 Å². The third-order valence-corrected chi connectivity index (χ3v) is 6.29. The maximum atomic E-state index is 13.2. The molecule has 1 amide bonds. The molecule has 29 heavy (non-hydrogen) atoms. The van der Waals surface area contributed by atoms with Gasteiger partial charge in [-0.1, -0.05) is 6.07 Å². The van der Waals surface area contributed by atoms with Crippen LogP contribution in [0.2, 0.25) is 0 Å². The Kier molecular flexibility index (Phi) is 3.72. The maximum absolute atomic E-state index is 13.2. The highest BCUT2D eigenvalue weighted by atomic mass is 16.6. The molecule has 2 atom stereocenters. The van der Waals surface area contributed by atoms with Gasteiger partial charge in [0.15, 0.2) is 5.60 Å². The lowest BCUT2D eigenvalue weighted by molar-refractivity contribution is -0.177. The van der Waals surface area contributed by atoms with Gasteiger partial charge in [-0.2, -0.15) is 0 Å². The first kappa shape index (κ1) is 17.1. The fourth-order valence-corrected chi connectivity index (χ4v) is 4.82. The Morgan fingerprint density at radius 2 is 2.10 bits per heavy atom. The van der Waals surface area contributed by atoms with Crippen LogP contribution in [0.3, 0.4) is 0 Å². The molecule has 8 heteroatoms. The van der Waals surface area contributed by atoms with Gasteiger partial charge < -0.3 is 18.8 Å². The number of pyridine rings is 1. The SMILES string of the molecule is O=C1N2C(CC[C@H]2c2cnccn2)OC12CC(OCc1ccc3nccn3c1)C2. The van der Waals surface area contributed by atoms with Crippen LogP contribution in [0.15, 0.2) is 49.3 Å². The molecular formula is C21H21N5O3. The van der Waals surface area contributed by atoms with Crippen molar-refractivity contribution in [2.45, 2.75) is 56.3 Å². The summed E-state index contributed by atoms with van der Waals surface area (Å²) < 4.78 is 14.3. The van der Waals surface area contributed by atoms with Crippen LogP contribution < -0.4 is 0 Å². The van der Waals surface area contributed by atoms with Crippen LogP contribution in [0.5, 0.6) is 0 Å². The van der Waals surface area contributed by atoms with E-state index < -0.39 is 5.60 Å². The molecule has 1 aliphatic carbocycles. The molecule has 3 aliphatic rings. The van der Waals surface area contributed by atoms with E-state index >= 15 is 0 Å². The number of hydrogen-bond acceptors (Lipinski definition) is 6. The number of rotatable bonds is 4. The van der Waals surface area contributed by atoms with Crippen LogP contribution in [0.25, 0.3) is 5.65 Å². The second-order valence-electron chi connectivity index (χ2n) is 8.07. The standard InChI is InChI=1S/C21H21N5O3/c27-20-21(29-19-4-2-17(26(19)20)16-11-22-5-6-23-16)9-15(10-21)28-13-14-1-3-18-24-7-8-25(18)12-14/h1,3,5-8,11-12,15,17,19H,2,4,9-10,13H2/t15?,17-,19?,21?/m0/s1. The van der Waals surface area contributed by atoms with Gasteiger partial charge in [0.2, 0.25) is 0 Å². The monoisotopic (exact) mass is 391 g/mol. The fourth-order valence-electron chi connectivity index (χ4n) is 4.82. The van der Waals surface area contributed by atoms with Gasteiger partial charge in [-0.25, -0.2) is 4.98 Å². The molecule has 2 saturated heterocycles. The van der Waals surface area contributed by atoms with Crippen LogP contribution in [-0.4, -0.2) is 48.1 Å². The summed E-state index contributed by atoms with van der Waals surface area (Å²) >= 11 is 0. The van der Waals surface area contributed by atoms with E-state index in [0.717, 1.165) is 29.7 Å². The molecule has 3 fully saturated rings. The van der Waals surface area contributed by atoms with Gasteiger partial charge in [0.05, 0.1) is 30.6 Å². The first-order valence-corrected chi connectivity index (χ1v) is 10.0. The zero-order valence-corrected chi connectivity index (χ0v) is 15.8. The van der Waals surface area contributed by atoms with E-state index in [-0.39, 0.29) is 24.3 Å². The quantitative estimate of drug-likeness (QED) is 0.679. The lowest BCUT2D eigenvalue weighted by Gasteiger charge is -2.42. The summed E-state index contributed by atoms with van der Waals surface area (Å²) in [6.07, 6.45) is 13.6. The Labute approximate surface area is 167 Å². The van der Waals surface area contributed by atoms with Crippen molar-refractivity contribution in [1.29, 1.82) is 0 Å². The molecule has 1 spiro atoms. The number of carbonyl (C=O) groups excluding carboxylic acids is 1. The van der Waals surface area contributed by atoms with Gasteiger partial charge in [0.1, 0.15) is 11.9 Å². The third kappa shape index (κ3) is 2.67. The maximum Gasteiger partial charge on any atom is 0.257 e. The molecular weight excluding hydrogens is 370 g/mol. The second kappa shape index (κ2) is 6.33. The topological polar surface area (TPSA) is 81.9 Å². The molecule has 2 aliphatic heterocycles.